The van der Waals surface area contributed by atoms with E-state index >= 15 is 0 Å². The van der Waals surface area contributed by atoms with Crippen LogP contribution in [0.1, 0.15) is 54.0 Å². The van der Waals surface area contributed by atoms with Gasteiger partial charge in [-0.05, 0) is 64.5 Å². The number of rotatable bonds is 5. The van der Waals surface area contributed by atoms with Crippen molar-refractivity contribution in [2.24, 2.45) is 5.41 Å². The fourth-order valence-electron chi connectivity index (χ4n) is 2.21. The molecule has 0 aromatic heterocycles. The maximum Gasteiger partial charge on any atom is 0.0245 e. The van der Waals surface area contributed by atoms with Crippen LogP contribution < -0.4 is 0 Å². The number of hydrogen-bond acceptors (Lipinski definition) is 1. The molecule has 1 rings (SSSR count). The van der Waals surface area contributed by atoms with E-state index in [4.69, 9.17) is 0 Å². The third-order valence-electron chi connectivity index (χ3n) is 3.49. The van der Waals surface area contributed by atoms with E-state index in [0.717, 1.165) is 16.9 Å². The summed E-state index contributed by atoms with van der Waals surface area (Å²) in [5, 5.41) is 0. The summed E-state index contributed by atoms with van der Waals surface area (Å²) in [7, 11) is 4.57. The van der Waals surface area contributed by atoms with Gasteiger partial charge in [-0.3, -0.25) is 0 Å². The molecular weight excluding hydrogens is 368 g/mol. The predicted molar refractivity (Wildman–Crippen MR) is 113 cm³/mol. The summed E-state index contributed by atoms with van der Waals surface area (Å²) in [6.07, 6.45) is 1.40. The molecule has 146 valence electrons. The topological polar surface area (TPSA) is 3.24 Å². The molecule has 0 N–H and O–H groups in total. The Morgan fingerprint density at radius 3 is 1.80 bits per heavy atom. The van der Waals surface area contributed by atoms with Gasteiger partial charge < -0.3 is 4.90 Å². The zero-order valence-corrected chi connectivity index (χ0v) is 19.5. The van der Waals surface area contributed by atoms with E-state index in [9.17, 15) is 0 Å². The quantitative estimate of drug-likeness (QED) is 0.333. The monoisotopic (exact) mass is 405 g/mol. The van der Waals surface area contributed by atoms with Crippen molar-refractivity contribution in [2.45, 2.75) is 59.8 Å². The molecule has 0 spiro atoms. The van der Waals surface area contributed by atoms with Crippen LogP contribution in [0.3, 0.4) is 0 Å². The van der Waals surface area contributed by atoms with Crippen molar-refractivity contribution in [3.05, 3.63) is 35.9 Å². The molecule has 1 nitrogen and oxygen atoms in total. The molecule has 1 aromatic carbocycles. The maximum atomic E-state index is 3.19. The minimum Gasteiger partial charge on any atom is -0.309 e. The Morgan fingerprint density at radius 1 is 0.960 bits per heavy atom. The molecule has 1 aromatic rings. The summed E-state index contributed by atoms with van der Waals surface area (Å²) in [4.78, 5) is 2.29. The van der Waals surface area contributed by atoms with E-state index < -0.39 is 0 Å². The maximum absolute atomic E-state index is 3.19. The molecule has 0 saturated heterocycles. The van der Waals surface area contributed by atoms with Crippen LogP contribution in [0.5, 0.6) is 0 Å². The summed E-state index contributed by atoms with van der Waals surface area (Å²) < 4.78 is 0. The molecule has 0 aliphatic rings. The average molecular weight is 406 g/mol. The van der Waals surface area contributed by atoms with Crippen molar-refractivity contribution < 1.29 is 16.5 Å². The molecule has 3 heteroatoms. The van der Waals surface area contributed by atoms with Gasteiger partial charge in [0.05, 0.1) is 0 Å². The Bertz CT molecular complexity index is 484. The Hall–Kier alpha value is -0.336. The first-order chi connectivity index (χ1) is 11.0. The van der Waals surface area contributed by atoms with Gasteiger partial charge in [-0.2, -0.15) is 0 Å². The van der Waals surface area contributed by atoms with Gasteiger partial charge in [-0.15, -0.1) is 7.92 Å². The SMILES string of the molecule is CC(C)(C)C#Cc1ccccc1.CC(C)P(CCN(C)C)C(C)C.[Ni]. The average Bonchev–Trinajstić information content (AvgIpc) is 2.45. The van der Waals surface area contributed by atoms with Gasteiger partial charge >= 0.3 is 0 Å². The van der Waals surface area contributed by atoms with E-state index in [-0.39, 0.29) is 29.8 Å². The summed E-state index contributed by atoms with van der Waals surface area (Å²) in [6.45, 7) is 17.0. The third-order valence-corrected chi connectivity index (χ3v) is 6.86. The fourth-order valence-corrected chi connectivity index (χ4v) is 5.07. The Morgan fingerprint density at radius 2 is 1.44 bits per heavy atom. The molecule has 25 heavy (non-hydrogen) atoms. The zero-order valence-electron chi connectivity index (χ0n) is 17.7. The molecule has 0 fully saturated rings. The number of nitrogens with zero attached hydrogens (tertiary/aromatic N) is 1. The first-order valence-corrected chi connectivity index (χ1v) is 10.7. The first-order valence-electron chi connectivity index (χ1n) is 9.01. The van der Waals surface area contributed by atoms with E-state index in [1.54, 1.807) is 0 Å². The van der Waals surface area contributed by atoms with Gasteiger partial charge in [-0.25, -0.2) is 0 Å². The van der Waals surface area contributed by atoms with Gasteiger partial charge in [-0.1, -0.05) is 57.7 Å². The Labute approximate surface area is 169 Å². The second kappa shape index (κ2) is 13.8. The Balaban J connectivity index is 0. The normalized spacial score (nSPS) is 10.9. The van der Waals surface area contributed by atoms with E-state index in [2.05, 4.69) is 79.3 Å². The van der Waals surface area contributed by atoms with Crippen LogP contribution in [-0.4, -0.2) is 43.0 Å². The van der Waals surface area contributed by atoms with Gasteiger partial charge in [0.15, 0.2) is 0 Å². The largest absolute Gasteiger partial charge is 0.309 e. The summed E-state index contributed by atoms with van der Waals surface area (Å²) in [6, 6.07) is 10.1. The zero-order chi connectivity index (χ0) is 18.8. The standard InChI is InChI=1S/C12H14.C10H24NP.Ni/c1-12(2,3)10-9-11-7-5-4-6-8-11;1-9(2)12(10(3)4)8-7-11(5)6;/h4-8H,1-3H3;9-10H,7-8H2,1-6H3;. The van der Waals surface area contributed by atoms with E-state index in [1.807, 2.05) is 30.3 Å². The second-order valence-corrected chi connectivity index (χ2v) is 11.6. The van der Waals surface area contributed by atoms with Crippen molar-refractivity contribution >= 4 is 7.92 Å². The third kappa shape index (κ3) is 15.6. The summed E-state index contributed by atoms with van der Waals surface area (Å²) in [5.41, 5.74) is 2.96. The second-order valence-electron chi connectivity index (χ2n) is 8.09. The fraction of sp³-hybridized carbons (Fsp3) is 0.636. The molecule has 0 aliphatic heterocycles. The molecule has 0 amide bonds. The van der Waals surface area contributed by atoms with Crippen molar-refractivity contribution in [3.63, 3.8) is 0 Å². The van der Waals surface area contributed by atoms with Crippen LogP contribution in [0.25, 0.3) is 0 Å². The van der Waals surface area contributed by atoms with Gasteiger partial charge in [0, 0.05) is 34.0 Å². The molecule has 0 atom stereocenters. The molecule has 0 bridgehead atoms. The van der Waals surface area contributed by atoms with Gasteiger partial charge in [0.1, 0.15) is 0 Å². The number of hydrogen-bond donors (Lipinski definition) is 0. The van der Waals surface area contributed by atoms with Crippen LogP contribution >= 0.6 is 7.92 Å². The van der Waals surface area contributed by atoms with Crippen LogP contribution in [0.4, 0.5) is 0 Å². The number of benzene rings is 1. The van der Waals surface area contributed by atoms with Crippen molar-refractivity contribution in [2.75, 3.05) is 26.8 Å². The molecule has 0 radical (unpaired) electrons. The van der Waals surface area contributed by atoms with Gasteiger partial charge in [0.2, 0.25) is 0 Å². The minimum absolute atomic E-state index is 0. The molecule has 0 aliphatic carbocycles. The van der Waals surface area contributed by atoms with Crippen LogP contribution in [0, 0.1) is 17.3 Å². The summed E-state index contributed by atoms with van der Waals surface area (Å²) in [5.74, 6) is 6.32. The van der Waals surface area contributed by atoms with Crippen molar-refractivity contribution in [1.29, 1.82) is 0 Å². The van der Waals surface area contributed by atoms with E-state index in [1.165, 1.54) is 12.7 Å². The van der Waals surface area contributed by atoms with Crippen molar-refractivity contribution in [1.82, 2.24) is 4.90 Å². The molecule has 0 unspecified atom stereocenters. The smallest absolute Gasteiger partial charge is 0.0245 e. The Kier molecular flexibility index (Phi) is 14.9. The van der Waals surface area contributed by atoms with E-state index in [0.29, 0.717) is 0 Å². The van der Waals surface area contributed by atoms with Crippen LogP contribution in [0.15, 0.2) is 30.3 Å². The van der Waals surface area contributed by atoms with Gasteiger partial charge in [0.25, 0.3) is 0 Å². The summed E-state index contributed by atoms with van der Waals surface area (Å²) >= 11 is 0. The molecule has 0 heterocycles. The van der Waals surface area contributed by atoms with Crippen LogP contribution in [0.2, 0.25) is 0 Å². The minimum atomic E-state index is 0. The van der Waals surface area contributed by atoms with Crippen LogP contribution in [-0.2, 0) is 16.5 Å². The molecule has 0 saturated carbocycles. The first kappa shape index (κ1) is 26.9. The molecular formula is C22H38NNiP. The predicted octanol–water partition coefficient (Wildman–Crippen LogP) is 5.93. The van der Waals surface area contributed by atoms with Crippen molar-refractivity contribution in [3.8, 4) is 11.8 Å².